The van der Waals surface area contributed by atoms with Gasteiger partial charge in [0.1, 0.15) is 22.4 Å². The van der Waals surface area contributed by atoms with Crippen molar-refractivity contribution >= 4 is 98.3 Å². The summed E-state index contributed by atoms with van der Waals surface area (Å²) in [6.45, 7) is 0. The van der Waals surface area contributed by atoms with Gasteiger partial charge in [0.2, 0.25) is 11.9 Å². The molecular formula is C66H40N8. The fourth-order valence-corrected chi connectivity index (χ4v) is 11.9. The molecule has 6 heterocycles. The summed E-state index contributed by atoms with van der Waals surface area (Å²) in [6, 6.07) is 85.8. The molecule has 8 heteroatoms. The van der Waals surface area contributed by atoms with Crippen LogP contribution in [-0.4, -0.2) is 38.2 Å². The molecule has 0 saturated carbocycles. The van der Waals surface area contributed by atoms with E-state index in [0.29, 0.717) is 34.3 Å². The highest BCUT2D eigenvalue weighted by molar-refractivity contribution is 6.25. The van der Waals surface area contributed by atoms with Crippen molar-refractivity contribution < 1.29 is 0 Å². The second-order valence-electron chi connectivity index (χ2n) is 19.0. The van der Waals surface area contributed by atoms with E-state index < -0.39 is 0 Å². The summed E-state index contributed by atoms with van der Waals surface area (Å²) >= 11 is 0. The average Bonchev–Trinajstić information content (AvgIpc) is 4.23. The topological polar surface area (TPSA) is 71.3 Å². The Hall–Kier alpha value is -10.2. The number of aromatic nitrogens is 8. The molecular weight excluding hydrogens is 905 g/mol. The minimum Gasteiger partial charge on any atom is -0.307 e. The molecule has 16 aromatic rings. The summed E-state index contributed by atoms with van der Waals surface area (Å²) < 4.78 is 9.33. The van der Waals surface area contributed by atoms with E-state index in [9.17, 15) is 0 Å². The maximum atomic E-state index is 5.73. The molecule has 16 rings (SSSR count). The van der Waals surface area contributed by atoms with Gasteiger partial charge in [-0.3, -0.25) is 9.13 Å². The number of nitrogens with zero attached hydrogens (tertiary/aromatic N) is 8. The van der Waals surface area contributed by atoms with Crippen LogP contribution in [0.1, 0.15) is 0 Å². The smallest absolute Gasteiger partial charge is 0.236 e. The zero-order valence-electron chi connectivity index (χ0n) is 39.7. The van der Waals surface area contributed by atoms with Crippen LogP contribution in [0.4, 0.5) is 0 Å². The van der Waals surface area contributed by atoms with Gasteiger partial charge >= 0.3 is 0 Å². The zero-order valence-corrected chi connectivity index (χ0v) is 39.7. The standard InChI is InChI=1S/C66H40N8/c1-5-21-41(22-6-1)57-59-60(70-65(67-57)73-55-35-19-15-31-47(55)51-39-37-49-45-29-13-17-33-53(45)71(61(49)63(51)73)43-25-9-3-10-26-43)58(42-23-7-2-8-24-42)68-66(69-59)74-56-36-20-16-32-48(56)52-40-38-50-46-30-14-18-34-54(46)72(62(50)64(52)74)44-27-11-4-12-28-44/h1-40H. The van der Waals surface area contributed by atoms with Crippen LogP contribution in [0.5, 0.6) is 0 Å². The second-order valence-corrected chi connectivity index (χ2v) is 19.0. The van der Waals surface area contributed by atoms with Crippen LogP contribution in [0.25, 0.3) is 144 Å². The van der Waals surface area contributed by atoms with E-state index in [2.05, 4.69) is 249 Å². The molecule has 0 atom stereocenters. The monoisotopic (exact) mass is 944 g/mol. The molecule has 0 aliphatic heterocycles. The molecule has 74 heavy (non-hydrogen) atoms. The third kappa shape index (κ3) is 5.73. The maximum Gasteiger partial charge on any atom is 0.236 e. The van der Waals surface area contributed by atoms with Gasteiger partial charge in [-0.25, -0.2) is 19.9 Å². The molecule has 0 aliphatic rings. The largest absolute Gasteiger partial charge is 0.307 e. The maximum absolute atomic E-state index is 5.73. The molecule has 0 unspecified atom stereocenters. The molecule has 0 fully saturated rings. The third-order valence-electron chi connectivity index (χ3n) is 15.0. The normalized spacial score (nSPS) is 12.1. The lowest BCUT2D eigenvalue weighted by Crippen LogP contribution is -2.09. The van der Waals surface area contributed by atoms with E-state index in [-0.39, 0.29) is 0 Å². The fraction of sp³-hybridized carbons (Fsp3) is 0. The highest BCUT2D eigenvalue weighted by atomic mass is 15.2. The molecule has 0 N–H and O–H groups in total. The van der Waals surface area contributed by atoms with Crippen molar-refractivity contribution in [2.75, 3.05) is 0 Å². The first-order valence-electron chi connectivity index (χ1n) is 25.0. The SMILES string of the molecule is c1ccc(-c2nc(-n3c4ccccc4c4ccc5c6ccccc6n(-c6ccccc6)c5c43)nc3c(-c4ccccc4)nc(-n4c5ccccc5c5ccc6c7ccccc7n(-c7ccccc7)c6c54)nc23)cc1. The summed E-state index contributed by atoms with van der Waals surface area (Å²) in [7, 11) is 0. The van der Waals surface area contributed by atoms with Gasteiger partial charge in [-0.05, 0) is 48.5 Å². The van der Waals surface area contributed by atoms with Crippen molar-refractivity contribution in [2.24, 2.45) is 0 Å². The van der Waals surface area contributed by atoms with Crippen LogP contribution in [0.15, 0.2) is 243 Å². The Bertz CT molecular complexity index is 4620. The van der Waals surface area contributed by atoms with Crippen LogP contribution in [0, 0.1) is 0 Å². The minimum absolute atomic E-state index is 0.527. The first kappa shape index (κ1) is 40.5. The predicted molar refractivity (Wildman–Crippen MR) is 303 cm³/mol. The van der Waals surface area contributed by atoms with E-state index in [1.54, 1.807) is 0 Å². The van der Waals surface area contributed by atoms with E-state index in [1.165, 1.54) is 10.8 Å². The second kappa shape index (κ2) is 15.7. The lowest BCUT2D eigenvalue weighted by molar-refractivity contribution is 0.980. The molecule has 0 aliphatic carbocycles. The Labute approximate surface area is 422 Å². The summed E-state index contributed by atoms with van der Waals surface area (Å²) in [4.78, 5) is 22.9. The Morgan fingerprint density at radius 3 is 0.824 bits per heavy atom. The van der Waals surface area contributed by atoms with E-state index in [1.807, 2.05) is 12.1 Å². The average molecular weight is 945 g/mol. The van der Waals surface area contributed by atoms with Crippen LogP contribution >= 0.6 is 0 Å². The lowest BCUT2D eigenvalue weighted by atomic mass is 10.1. The number of benzene rings is 10. The minimum atomic E-state index is 0.527. The van der Waals surface area contributed by atoms with Crippen molar-refractivity contribution in [3.63, 3.8) is 0 Å². The molecule has 0 bridgehead atoms. The van der Waals surface area contributed by atoms with Crippen LogP contribution in [-0.2, 0) is 0 Å². The fourth-order valence-electron chi connectivity index (χ4n) is 11.9. The van der Waals surface area contributed by atoms with E-state index in [0.717, 1.165) is 99.0 Å². The van der Waals surface area contributed by atoms with Crippen molar-refractivity contribution in [3.05, 3.63) is 243 Å². The Kier molecular flexibility index (Phi) is 8.58. The first-order valence-corrected chi connectivity index (χ1v) is 25.0. The highest BCUT2D eigenvalue weighted by Crippen LogP contribution is 2.45. The van der Waals surface area contributed by atoms with Gasteiger partial charge in [-0.1, -0.05) is 194 Å². The number of hydrogen-bond donors (Lipinski definition) is 0. The summed E-state index contributed by atoms with van der Waals surface area (Å²) in [6.07, 6.45) is 0. The van der Waals surface area contributed by atoms with Gasteiger partial charge in [-0.15, -0.1) is 0 Å². The molecule has 0 amide bonds. The molecule has 344 valence electrons. The van der Waals surface area contributed by atoms with Gasteiger partial charge in [0.05, 0.1) is 44.1 Å². The summed E-state index contributed by atoms with van der Waals surface area (Å²) in [5, 5.41) is 9.09. The van der Waals surface area contributed by atoms with Crippen LogP contribution < -0.4 is 0 Å². The van der Waals surface area contributed by atoms with Gasteiger partial charge in [-0.2, -0.15) is 0 Å². The lowest BCUT2D eigenvalue weighted by Gasteiger charge is -2.16. The number of fused-ring (bicyclic) bond motifs is 15. The number of rotatable bonds is 6. The Balaban J connectivity index is 1.07. The van der Waals surface area contributed by atoms with Crippen LogP contribution in [0.3, 0.4) is 0 Å². The first-order chi connectivity index (χ1) is 36.8. The van der Waals surface area contributed by atoms with E-state index >= 15 is 0 Å². The molecule has 0 spiro atoms. The van der Waals surface area contributed by atoms with Crippen molar-refractivity contribution in [1.82, 2.24) is 38.2 Å². The van der Waals surface area contributed by atoms with Gasteiger partial charge < -0.3 is 9.13 Å². The summed E-state index contributed by atoms with van der Waals surface area (Å²) in [5.74, 6) is 1.05. The number of hydrogen-bond acceptors (Lipinski definition) is 4. The Morgan fingerprint density at radius 2 is 0.486 bits per heavy atom. The number of para-hydroxylation sites is 6. The molecule has 8 nitrogen and oxygen atoms in total. The van der Waals surface area contributed by atoms with E-state index in [4.69, 9.17) is 19.9 Å². The predicted octanol–water partition coefficient (Wildman–Crippen LogP) is 16.1. The van der Waals surface area contributed by atoms with Crippen molar-refractivity contribution in [1.29, 1.82) is 0 Å². The zero-order chi connectivity index (χ0) is 48.4. The third-order valence-corrected chi connectivity index (χ3v) is 15.0. The van der Waals surface area contributed by atoms with Crippen LogP contribution in [0.2, 0.25) is 0 Å². The van der Waals surface area contributed by atoms with Crippen molar-refractivity contribution in [3.8, 4) is 45.8 Å². The molecule has 0 radical (unpaired) electrons. The molecule has 0 saturated heterocycles. The van der Waals surface area contributed by atoms with Gasteiger partial charge in [0.25, 0.3) is 0 Å². The molecule has 6 aromatic heterocycles. The highest BCUT2D eigenvalue weighted by Gasteiger charge is 2.28. The van der Waals surface area contributed by atoms with Gasteiger partial charge in [0.15, 0.2) is 0 Å². The van der Waals surface area contributed by atoms with Gasteiger partial charge in [0, 0.05) is 65.6 Å². The summed E-state index contributed by atoms with van der Waals surface area (Å²) in [5.41, 5.74) is 15.1. The quantitative estimate of drug-likeness (QED) is 0.166. The molecule has 10 aromatic carbocycles. The Morgan fingerprint density at radius 1 is 0.216 bits per heavy atom. The van der Waals surface area contributed by atoms with Crippen molar-refractivity contribution in [2.45, 2.75) is 0 Å².